The van der Waals surface area contributed by atoms with Crippen LogP contribution in [0.25, 0.3) is 5.69 Å². The number of nitrogens with zero attached hydrogens (tertiary/aromatic N) is 6. The van der Waals surface area contributed by atoms with E-state index in [-0.39, 0.29) is 167 Å². The summed E-state index contributed by atoms with van der Waals surface area (Å²) in [7, 11) is -7.34. The molecule has 1 N–H and O–H groups in total. The first-order valence-electron chi connectivity index (χ1n) is 13.6. The van der Waals surface area contributed by atoms with Gasteiger partial charge in [0.25, 0.3) is 0 Å². The van der Waals surface area contributed by atoms with E-state index >= 15 is 0 Å². The molecule has 0 aliphatic carbocycles. The third-order valence-electron chi connectivity index (χ3n) is 6.36. The molecule has 21 heteroatoms. The SMILES string of the molecule is COc1cc(Cl)c(-n2ncc(C#N)c2N=Nc2ccc(N(CCCCS(=O)(=O)[O-])CCCCS(=O)(=O)[O-])cc2NC(C)=O)c(Cl)c1.[K+].[K+]. The number of hydrogen-bond acceptors (Lipinski definition) is 13. The van der Waals surface area contributed by atoms with E-state index in [1.54, 1.807) is 23.1 Å². The molecule has 0 aliphatic heterocycles. The number of azo groups is 1. The molecule has 3 rings (SSSR count). The number of benzene rings is 2. The molecule has 0 radical (unpaired) electrons. The van der Waals surface area contributed by atoms with Crippen molar-refractivity contribution >= 4 is 72.2 Å². The number of methoxy groups -OCH3 is 1. The molecule has 248 valence electrons. The van der Waals surface area contributed by atoms with Crippen LogP contribution in [-0.4, -0.2) is 73.3 Å². The largest absolute Gasteiger partial charge is 1.00 e. The number of carbonyl (C=O) groups excluding carboxylic acids is 1. The molecule has 0 bridgehead atoms. The molecule has 0 aliphatic rings. The minimum atomic E-state index is -4.40. The van der Waals surface area contributed by atoms with Gasteiger partial charge in [0.05, 0.1) is 49.3 Å². The fraction of sp³-hybridized carbons (Fsp3) is 0.370. The van der Waals surface area contributed by atoms with Crippen molar-refractivity contribution < 1.29 is 138 Å². The van der Waals surface area contributed by atoms with E-state index in [0.29, 0.717) is 24.3 Å². The van der Waals surface area contributed by atoms with Crippen LogP contribution in [0.15, 0.2) is 46.8 Å². The summed E-state index contributed by atoms with van der Waals surface area (Å²) in [5.41, 5.74) is 1.25. The maximum Gasteiger partial charge on any atom is 1.00 e. The van der Waals surface area contributed by atoms with Crippen LogP contribution < -0.4 is 118 Å². The van der Waals surface area contributed by atoms with Gasteiger partial charge in [0.1, 0.15) is 28.8 Å². The van der Waals surface area contributed by atoms with Gasteiger partial charge < -0.3 is 24.1 Å². The van der Waals surface area contributed by atoms with E-state index in [1.807, 2.05) is 6.07 Å². The first kappa shape index (κ1) is 45.5. The predicted molar refractivity (Wildman–Crippen MR) is 170 cm³/mol. The second kappa shape index (κ2) is 21.1. The van der Waals surface area contributed by atoms with Crippen LogP contribution in [0.3, 0.4) is 0 Å². The van der Waals surface area contributed by atoms with E-state index in [0.717, 1.165) is 0 Å². The zero-order valence-electron chi connectivity index (χ0n) is 26.6. The predicted octanol–water partition coefficient (Wildman–Crippen LogP) is -1.10. The van der Waals surface area contributed by atoms with Crippen molar-refractivity contribution in [1.82, 2.24) is 9.78 Å². The Hall–Kier alpha value is -0.517. The summed E-state index contributed by atoms with van der Waals surface area (Å²) < 4.78 is 72.6. The fourth-order valence-corrected chi connectivity index (χ4v) is 6.02. The van der Waals surface area contributed by atoms with Gasteiger partial charge in [0.15, 0.2) is 5.82 Å². The third kappa shape index (κ3) is 14.6. The van der Waals surface area contributed by atoms with Gasteiger partial charge in [0, 0.05) is 49.3 Å². The number of ether oxygens (including phenoxy) is 1. The molecular weight excluding hydrogens is 764 g/mol. The number of aromatic nitrogens is 2. The van der Waals surface area contributed by atoms with Gasteiger partial charge in [-0.3, -0.25) is 4.79 Å². The van der Waals surface area contributed by atoms with Gasteiger partial charge in [-0.1, -0.05) is 23.2 Å². The number of nitriles is 1. The molecule has 1 aromatic heterocycles. The number of anilines is 2. The standard InChI is InChI=1S/C27H31Cl2N7O8S2.2K/c1-18(37)32-25-13-20(35(9-3-5-11-45(38,39)40)10-4-6-12-46(41,42)43)7-8-24(25)33-34-27-19(16-30)17-31-36(27)26-22(28)14-21(44-2)15-23(26)29;;/h7-8,13-15,17H,3-6,9-12H2,1-2H3,(H,32,37)(H,38,39,40)(H,41,42,43);;/q;2*+1/p-2. The molecule has 2 aromatic carbocycles. The average Bonchev–Trinajstić information content (AvgIpc) is 3.36. The number of halogens is 2. The molecule has 15 nitrogen and oxygen atoms in total. The minimum absolute atomic E-state index is 0. The summed E-state index contributed by atoms with van der Waals surface area (Å²) in [6.45, 7) is 1.86. The zero-order chi connectivity index (χ0) is 34.1. The Morgan fingerprint density at radius 2 is 1.56 bits per heavy atom. The molecule has 1 amide bonds. The Bertz CT molecular complexity index is 1810. The maximum absolute atomic E-state index is 12.1. The number of carbonyl (C=O) groups is 1. The molecule has 0 fully saturated rings. The van der Waals surface area contributed by atoms with Crippen molar-refractivity contribution in [3.05, 3.63) is 52.1 Å². The van der Waals surface area contributed by atoms with Crippen LogP contribution >= 0.6 is 23.2 Å². The second-order valence-electron chi connectivity index (χ2n) is 9.85. The monoisotopic (exact) mass is 791 g/mol. The molecule has 0 saturated heterocycles. The molecule has 0 saturated carbocycles. The fourth-order valence-electron chi connectivity index (χ4n) is 4.28. The van der Waals surface area contributed by atoms with E-state index in [4.69, 9.17) is 27.9 Å². The quantitative estimate of drug-likeness (QED) is 0.0794. The topological polar surface area (TPSA) is 222 Å². The molecular formula is C27H29Cl2K2N7O8S2. The minimum Gasteiger partial charge on any atom is -0.748 e. The first-order valence-corrected chi connectivity index (χ1v) is 17.5. The van der Waals surface area contributed by atoms with E-state index in [9.17, 15) is 36.0 Å². The van der Waals surface area contributed by atoms with Crippen molar-refractivity contribution in [2.24, 2.45) is 10.2 Å². The Balaban J connectivity index is 0.00000576. The normalized spacial score (nSPS) is 11.4. The Kier molecular flexibility index (Phi) is 20.0. The Morgan fingerprint density at radius 3 is 2.04 bits per heavy atom. The van der Waals surface area contributed by atoms with Gasteiger partial charge in [0.2, 0.25) is 5.91 Å². The van der Waals surface area contributed by atoms with Crippen molar-refractivity contribution in [2.45, 2.75) is 32.6 Å². The Morgan fingerprint density at radius 1 is 1.00 bits per heavy atom. The van der Waals surface area contributed by atoms with E-state index < -0.39 is 37.6 Å². The van der Waals surface area contributed by atoms with E-state index in [2.05, 4.69) is 20.6 Å². The van der Waals surface area contributed by atoms with Crippen LogP contribution in [-0.2, 0) is 25.0 Å². The van der Waals surface area contributed by atoms with Crippen molar-refractivity contribution in [1.29, 1.82) is 5.26 Å². The molecule has 0 unspecified atom stereocenters. The van der Waals surface area contributed by atoms with Crippen molar-refractivity contribution in [3.63, 3.8) is 0 Å². The maximum atomic E-state index is 12.1. The number of amides is 1. The summed E-state index contributed by atoms with van der Waals surface area (Å²) in [4.78, 5) is 13.9. The summed E-state index contributed by atoms with van der Waals surface area (Å²) in [6.07, 6.45) is 2.08. The number of rotatable bonds is 16. The average molecular weight is 793 g/mol. The van der Waals surface area contributed by atoms with Gasteiger partial charge in [-0.05, 0) is 43.9 Å². The van der Waals surface area contributed by atoms with Gasteiger partial charge in [-0.15, -0.1) is 10.2 Å². The van der Waals surface area contributed by atoms with Crippen LogP contribution in [0.1, 0.15) is 38.2 Å². The second-order valence-corrected chi connectivity index (χ2v) is 13.7. The van der Waals surface area contributed by atoms with Crippen molar-refractivity contribution in [2.75, 3.05) is 41.9 Å². The Labute approximate surface area is 374 Å². The molecule has 3 aromatic rings. The molecule has 48 heavy (non-hydrogen) atoms. The third-order valence-corrected chi connectivity index (χ3v) is 8.51. The van der Waals surface area contributed by atoms with Gasteiger partial charge >= 0.3 is 103 Å². The van der Waals surface area contributed by atoms with Crippen LogP contribution in [0.4, 0.5) is 22.9 Å². The summed E-state index contributed by atoms with van der Waals surface area (Å²) in [5.74, 6) is -1.12. The smallest absolute Gasteiger partial charge is 0.748 e. The number of nitrogens with one attached hydrogen (secondary N) is 1. The number of hydrogen-bond donors (Lipinski definition) is 1. The van der Waals surface area contributed by atoms with Crippen LogP contribution in [0.5, 0.6) is 5.75 Å². The van der Waals surface area contributed by atoms with E-state index in [1.165, 1.54) is 37.0 Å². The summed E-state index contributed by atoms with van der Waals surface area (Å²) in [6, 6.07) is 9.78. The first-order chi connectivity index (χ1) is 21.6. The summed E-state index contributed by atoms with van der Waals surface area (Å²) >= 11 is 12.9. The van der Waals surface area contributed by atoms with Gasteiger partial charge in [-0.2, -0.15) is 10.4 Å². The van der Waals surface area contributed by atoms with Crippen LogP contribution in [0.2, 0.25) is 10.0 Å². The van der Waals surface area contributed by atoms with Crippen LogP contribution in [0, 0.1) is 11.3 Å². The molecule has 0 atom stereocenters. The zero-order valence-corrected chi connectivity index (χ0v) is 36.0. The van der Waals surface area contributed by atoms with Gasteiger partial charge in [-0.25, -0.2) is 21.5 Å². The number of unbranched alkanes of at least 4 members (excludes halogenated alkanes) is 2. The van der Waals surface area contributed by atoms with Crippen molar-refractivity contribution in [3.8, 4) is 17.5 Å². The molecule has 1 heterocycles. The summed E-state index contributed by atoms with van der Waals surface area (Å²) in [5, 5.41) is 25.4. The molecule has 0 spiro atoms.